The number of hydrogen-bond donors (Lipinski definition) is 2. The molecule has 1 aromatic carbocycles. The molecule has 0 spiro atoms. The Bertz CT molecular complexity index is 583. The summed E-state index contributed by atoms with van der Waals surface area (Å²) in [5.41, 5.74) is 5.79. The van der Waals surface area contributed by atoms with Crippen LogP contribution < -0.4 is 10.5 Å². The van der Waals surface area contributed by atoms with E-state index in [0.717, 1.165) is 31.7 Å². The van der Waals surface area contributed by atoms with Gasteiger partial charge in [-0.05, 0) is 55.7 Å². The van der Waals surface area contributed by atoms with E-state index in [-0.39, 0.29) is 16.6 Å². The van der Waals surface area contributed by atoms with Gasteiger partial charge >= 0.3 is 0 Å². The van der Waals surface area contributed by atoms with Gasteiger partial charge < -0.3 is 5.73 Å². The summed E-state index contributed by atoms with van der Waals surface area (Å²) in [6.45, 7) is 0. The number of nitrogens with two attached hydrogens (primary N) is 1. The molecule has 2 fully saturated rings. The van der Waals surface area contributed by atoms with Gasteiger partial charge in [-0.3, -0.25) is 0 Å². The van der Waals surface area contributed by atoms with Crippen LogP contribution in [0.4, 0.5) is 10.1 Å². The van der Waals surface area contributed by atoms with Crippen molar-refractivity contribution in [2.45, 2.75) is 36.6 Å². The van der Waals surface area contributed by atoms with Crippen LogP contribution in [-0.4, -0.2) is 14.5 Å². The summed E-state index contributed by atoms with van der Waals surface area (Å²) in [5.74, 6) is 0.0878. The van der Waals surface area contributed by atoms with Crippen LogP contribution in [0.3, 0.4) is 0 Å². The van der Waals surface area contributed by atoms with Crippen molar-refractivity contribution in [1.29, 1.82) is 0 Å². The summed E-state index contributed by atoms with van der Waals surface area (Å²) in [4.78, 5) is -0.348. The van der Waals surface area contributed by atoms with Gasteiger partial charge in [-0.15, -0.1) is 0 Å². The number of nitrogens with one attached hydrogen (secondary N) is 1. The van der Waals surface area contributed by atoms with Crippen LogP contribution in [-0.2, 0) is 10.0 Å². The Labute approximate surface area is 112 Å². The Morgan fingerprint density at radius 2 is 1.79 bits per heavy atom. The fraction of sp³-hybridized carbons (Fsp3) is 0.538. The van der Waals surface area contributed by atoms with E-state index < -0.39 is 15.8 Å². The summed E-state index contributed by atoms with van der Waals surface area (Å²) in [5, 5.41) is 0. The number of rotatable bonds is 5. The van der Waals surface area contributed by atoms with Gasteiger partial charge in [0, 0.05) is 11.7 Å². The maximum Gasteiger partial charge on any atom is 0.243 e. The normalized spacial score (nSPS) is 19.9. The minimum atomic E-state index is -3.83. The first-order chi connectivity index (χ1) is 8.97. The SMILES string of the molecule is Nc1ccc(F)c(S(=O)(=O)NC(C2CC2)C2CC2)c1. The largest absolute Gasteiger partial charge is 0.399 e. The molecule has 0 saturated heterocycles. The van der Waals surface area contributed by atoms with E-state index in [2.05, 4.69) is 4.72 Å². The molecular weight excluding hydrogens is 267 g/mol. The van der Waals surface area contributed by atoms with Crippen molar-refractivity contribution >= 4 is 15.7 Å². The standard InChI is InChI=1S/C13H17FN2O2S/c14-11-6-5-10(15)7-12(11)19(17,18)16-13(8-1-2-8)9-3-4-9/h5-9,13,16H,1-4,15H2. The lowest BCUT2D eigenvalue weighted by Gasteiger charge is -2.18. The highest BCUT2D eigenvalue weighted by molar-refractivity contribution is 7.89. The number of halogens is 1. The predicted octanol–water partition coefficient (Wildman–Crippen LogP) is 1.87. The van der Waals surface area contributed by atoms with E-state index in [1.807, 2.05) is 0 Å². The number of sulfonamides is 1. The van der Waals surface area contributed by atoms with Crippen LogP contribution in [0.15, 0.2) is 23.1 Å². The van der Waals surface area contributed by atoms with Crippen molar-refractivity contribution in [3.05, 3.63) is 24.0 Å². The molecule has 4 nitrogen and oxygen atoms in total. The van der Waals surface area contributed by atoms with E-state index in [1.165, 1.54) is 12.1 Å². The van der Waals surface area contributed by atoms with Gasteiger partial charge in [-0.25, -0.2) is 17.5 Å². The molecule has 0 bridgehead atoms. The number of hydrogen-bond acceptors (Lipinski definition) is 3. The van der Waals surface area contributed by atoms with E-state index in [1.54, 1.807) is 0 Å². The van der Waals surface area contributed by atoms with Crippen molar-refractivity contribution in [3.8, 4) is 0 Å². The Morgan fingerprint density at radius 3 is 2.32 bits per heavy atom. The lowest BCUT2D eigenvalue weighted by atomic mass is 10.1. The minimum Gasteiger partial charge on any atom is -0.399 e. The quantitative estimate of drug-likeness (QED) is 0.811. The van der Waals surface area contributed by atoms with Crippen molar-refractivity contribution in [2.24, 2.45) is 11.8 Å². The van der Waals surface area contributed by atoms with Crippen molar-refractivity contribution < 1.29 is 12.8 Å². The molecule has 2 aliphatic rings. The molecule has 2 saturated carbocycles. The van der Waals surface area contributed by atoms with Crippen molar-refractivity contribution in [2.75, 3.05) is 5.73 Å². The Kier molecular flexibility index (Phi) is 3.02. The molecule has 19 heavy (non-hydrogen) atoms. The summed E-state index contributed by atoms with van der Waals surface area (Å²) in [6, 6.07) is 3.58. The van der Waals surface area contributed by atoms with Gasteiger partial charge in [0.15, 0.2) is 0 Å². The zero-order chi connectivity index (χ0) is 13.6. The highest BCUT2D eigenvalue weighted by atomic mass is 32.2. The predicted molar refractivity (Wildman–Crippen MR) is 70.4 cm³/mol. The zero-order valence-corrected chi connectivity index (χ0v) is 11.3. The monoisotopic (exact) mass is 284 g/mol. The topological polar surface area (TPSA) is 72.2 Å². The highest BCUT2D eigenvalue weighted by Gasteiger charge is 2.43. The van der Waals surface area contributed by atoms with Gasteiger partial charge in [-0.1, -0.05) is 0 Å². The Balaban J connectivity index is 1.87. The van der Waals surface area contributed by atoms with Crippen LogP contribution in [0.2, 0.25) is 0 Å². The van der Waals surface area contributed by atoms with Crippen LogP contribution >= 0.6 is 0 Å². The van der Waals surface area contributed by atoms with Crippen LogP contribution in [0.5, 0.6) is 0 Å². The van der Waals surface area contributed by atoms with Gasteiger partial charge in [0.05, 0.1) is 0 Å². The summed E-state index contributed by atoms with van der Waals surface area (Å²) >= 11 is 0. The molecule has 0 aliphatic heterocycles. The van der Waals surface area contributed by atoms with E-state index >= 15 is 0 Å². The molecule has 0 amide bonds. The lowest BCUT2D eigenvalue weighted by Crippen LogP contribution is -2.38. The van der Waals surface area contributed by atoms with Crippen molar-refractivity contribution in [1.82, 2.24) is 4.72 Å². The summed E-state index contributed by atoms with van der Waals surface area (Å²) < 4.78 is 40.9. The first-order valence-corrected chi connectivity index (χ1v) is 8.03. The maximum atomic E-state index is 13.7. The van der Waals surface area contributed by atoms with Crippen LogP contribution in [0, 0.1) is 17.7 Å². The third-order valence-corrected chi connectivity index (χ3v) is 5.27. The van der Waals surface area contributed by atoms with E-state index in [4.69, 9.17) is 5.73 Å². The molecule has 3 N–H and O–H groups in total. The average molecular weight is 284 g/mol. The molecule has 0 radical (unpaired) electrons. The van der Waals surface area contributed by atoms with Crippen LogP contribution in [0.1, 0.15) is 25.7 Å². The zero-order valence-electron chi connectivity index (χ0n) is 10.5. The second-order valence-electron chi connectivity index (χ2n) is 5.51. The molecule has 2 aliphatic carbocycles. The Morgan fingerprint density at radius 1 is 1.21 bits per heavy atom. The van der Waals surface area contributed by atoms with Gasteiger partial charge in [0.2, 0.25) is 10.0 Å². The molecule has 0 aromatic heterocycles. The highest BCUT2D eigenvalue weighted by Crippen LogP contribution is 2.45. The smallest absolute Gasteiger partial charge is 0.243 e. The third-order valence-electron chi connectivity index (χ3n) is 3.80. The molecular formula is C13H17FN2O2S. The fourth-order valence-corrected chi connectivity index (χ4v) is 3.94. The van der Waals surface area contributed by atoms with Gasteiger partial charge in [0.1, 0.15) is 10.7 Å². The first-order valence-electron chi connectivity index (χ1n) is 6.55. The minimum absolute atomic E-state index is 0.0363. The van der Waals surface area contributed by atoms with E-state index in [0.29, 0.717) is 11.8 Å². The van der Waals surface area contributed by atoms with Gasteiger partial charge in [-0.2, -0.15) is 0 Å². The third kappa shape index (κ3) is 2.74. The Hall–Kier alpha value is -1.14. The molecule has 3 rings (SSSR count). The van der Waals surface area contributed by atoms with Crippen molar-refractivity contribution in [3.63, 3.8) is 0 Å². The molecule has 0 heterocycles. The molecule has 104 valence electrons. The second kappa shape index (κ2) is 4.45. The second-order valence-corrected chi connectivity index (χ2v) is 7.19. The molecule has 1 aromatic rings. The molecule has 0 unspecified atom stereocenters. The molecule has 0 atom stereocenters. The summed E-state index contributed by atoms with van der Waals surface area (Å²) in [7, 11) is -3.83. The van der Waals surface area contributed by atoms with Crippen LogP contribution in [0.25, 0.3) is 0 Å². The number of benzene rings is 1. The van der Waals surface area contributed by atoms with E-state index in [9.17, 15) is 12.8 Å². The lowest BCUT2D eigenvalue weighted by molar-refractivity contribution is 0.468. The first kappa shape index (κ1) is 12.9. The average Bonchev–Trinajstić information content (AvgIpc) is 3.22. The summed E-state index contributed by atoms with van der Waals surface area (Å²) in [6.07, 6.45) is 4.23. The number of nitrogen functional groups attached to an aromatic ring is 1. The fourth-order valence-electron chi connectivity index (χ4n) is 2.46. The van der Waals surface area contributed by atoms with Gasteiger partial charge in [0.25, 0.3) is 0 Å². The number of anilines is 1. The molecule has 6 heteroatoms. The maximum absolute atomic E-state index is 13.7.